The largest absolute Gasteiger partial charge is 0.480 e. The van der Waals surface area contributed by atoms with Crippen LogP contribution in [0.15, 0.2) is 35.3 Å². The Morgan fingerprint density at radius 1 is 1.26 bits per heavy atom. The Hall–Kier alpha value is -2.30. The van der Waals surface area contributed by atoms with Crippen LogP contribution in [0.1, 0.15) is 12.5 Å². The number of imidazole rings is 1. The molecule has 1 heterocycles. The van der Waals surface area contributed by atoms with Crippen LogP contribution in [-0.4, -0.2) is 20.2 Å². The molecule has 0 radical (unpaired) electrons. The van der Waals surface area contributed by atoms with Crippen molar-refractivity contribution in [1.29, 1.82) is 0 Å². The van der Waals surface area contributed by atoms with Crippen LogP contribution < -0.4 is 5.69 Å². The summed E-state index contributed by atoms with van der Waals surface area (Å²) in [6.45, 7) is 4.05. The van der Waals surface area contributed by atoms with E-state index in [9.17, 15) is 9.59 Å². The summed E-state index contributed by atoms with van der Waals surface area (Å²) in [7, 11) is 0. The van der Waals surface area contributed by atoms with Crippen molar-refractivity contribution in [2.24, 2.45) is 0 Å². The van der Waals surface area contributed by atoms with Crippen molar-refractivity contribution in [3.63, 3.8) is 0 Å². The maximum absolute atomic E-state index is 12.1. The van der Waals surface area contributed by atoms with Crippen LogP contribution in [0.2, 0.25) is 0 Å². The number of carboxylic acids is 1. The fourth-order valence-electron chi connectivity index (χ4n) is 2.05. The second kappa shape index (κ2) is 5.14. The molecule has 5 nitrogen and oxygen atoms in total. The topological polar surface area (TPSA) is 64.2 Å². The van der Waals surface area contributed by atoms with Gasteiger partial charge in [-0.1, -0.05) is 29.8 Å². The quantitative estimate of drug-likeness (QED) is 0.910. The molecule has 0 aliphatic rings. The van der Waals surface area contributed by atoms with Crippen molar-refractivity contribution >= 4 is 5.97 Å². The summed E-state index contributed by atoms with van der Waals surface area (Å²) >= 11 is 0. The van der Waals surface area contributed by atoms with Gasteiger partial charge in [0.25, 0.3) is 0 Å². The predicted molar refractivity (Wildman–Crippen MR) is 72.2 cm³/mol. The molecular weight excluding hydrogens is 244 g/mol. The van der Waals surface area contributed by atoms with Crippen LogP contribution in [0.4, 0.5) is 0 Å². The van der Waals surface area contributed by atoms with Crippen LogP contribution in [-0.2, 0) is 17.9 Å². The minimum atomic E-state index is -1.02. The molecule has 0 saturated carbocycles. The Morgan fingerprint density at radius 2 is 1.89 bits per heavy atom. The van der Waals surface area contributed by atoms with Crippen molar-refractivity contribution in [2.45, 2.75) is 26.9 Å². The predicted octanol–water partition coefficient (Wildman–Crippen LogP) is 1.73. The van der Waals surface area contributed by atoms with Crippen molar-refractivity contribution in [3.05, 3.63) is 46.5 Å². The molecule has 1 N–H and O–H groups in total. The van der Waals surface area contributed by atoms with Crippen LogP contribution in [0.3, 0.4) is 0 Å². The van der Waals surface area contributed by atoms with Crippen LogP contribution in [0.25, 0.3) is 11.3 Å². The number of aliphatic carboxylic acids is 1. The number of hydrogen-bond donors (Lipinski definition) is 1. The van der Waals surface area contributed by atoms with E-state index in [2.05, 4.69) is 0 Å². The molecule has 0 aliphatic heterocycles. The van der Waals surface area contributed by atoms with Gasteiger partial charge in [0.15, 0.2) is 0 Å². The number of hydrogen-bond acceptors (Lipinski definition) is 2. The van der Waals surface area contributed by atoms with Gasteiger partial charge in [-0.15, -0.1) is 0 Å². The van der Waals surface area contributed by atoms with E-state index in [1.54, 1.807) is 10.8 Å². The zero-order chi connectivity index (χ0) is 14.0. The fourth-order valence-corrected chi connectivity index (χ4v) is 2.05. The molecule has 1 aromatic heterocycles. The average molecular weight is 260 g/mol. The summed E-state index contributed by atoms with van der Waals surface area (Å²) in [5.74, 6) is -1.02. The molecule has 5 heteroatoms. The summed E-state index contributed by atoms with van der Waals surface area (Å²) in [6.07, 6.45) is 1.60. The first-order valence-corrected chi connectivity index (χ1v) is 6.11. The van der Waals surface area contributed by atoms with Gasteiger partial charge in [0.2, 0.25) is 0 Å². The molecule has 100 valence electrons. The highest BCUT2D eigenvalue weighted by Gasteiger charge is 2.13. The first kappa shape index (κ1) is 13.1. The highest BCUT2D eigenvalue weighted by molar-refractivity contribution is 5.67. The van der Waals surface area contributed by atoms with E-state index in [-0.39, 0.29) is 12.2 Å². The van der Waals surface area contributed by atoms with Gasteiger partial charge in [-0.3, -0.25) is 13.9 Å². The second-order valence-electron chi connectivity index (χ2n) is 4.43. The summed E-state index contributed by atoms with van der Waals surface area (Å²) in [5, 5.41) is 8.80. The van der Waals surface area contributed by atoms with Crippen LogP contribution >= 0.6 is 0 Å². The van der Waals surface area contributed by atoms with E-state index >= 15 is 0 Å². The molecule has 2 aromatic rings. The first-order valence-electron chi connectivity index (χ1n) is 6.11. The third kappa shape index (κ3) is 2.59. The monoisotopic (exact) mass is 260 g/mol. The Bertz CT molecular complexity index is 650. The van der Waals surface area contributed by atoms with Crippen molar-refractivity contribution < 1.29 is 9.90 Å². The first-order chi connectivity index (χ1) is 9.02. The molecule has 0 unspecified atom stereocenters. The molecule has 0 saturated heterocycles. The van der Waals surface area contributed by atoms with Crippen LogP contribution in [0, 0.1) is 6.92 Å². The second-order valence-corrected chi connectivity index (χ2v) is 4.43. The molecular formula is C14H16N2O3. The van der Waals surface area contributed by atoms with E-state index in [0.717, 1.165) is 16.8 Å². The SMILES string of the molecule is CCn1c(-c2ccc(C)cc2)cn(CC(=O)O)c1=O. The number of nitrogens with zero attached hydrogens (tertiary/aromatic N) is 2. The summed E-state index contributed by atoms with van der Waals surface area (Å²) < 4.78 is 2.80. The smallest absolute Gasteiger partial charge is 0.329 e. The third-order valence-electron chi connectivity index (χ3n) is 3.01. The summed E-state index contributed by atoms with van der Waals surface area (Å²) in [4.78, 5) is 22.8. The lowest BCUT2D eigenvalue weighted by Gasteiger charge is -2.04. The van der Waals surface area contributed by atoms with Crippen molar-refractivity contribution in [2.75, 3.05) is 0 Å². The van der Waals surface area contributed by atoms with Gasteiger partial charge in [-0.05, 0) is 19.4 Å². The number of carboxylic acid groups (broad SMARTS) is 1. The Morgan fingerprint density at radius 3 is 2.42 bits per heavy atom. The molecule has 0 aliphatic carbocycles. The number of benzene rings is 1. The van der Waals surface area contributed by atoms with Crippen molar-refractivity contribution in [1.82, 2.24) is 9.13 Å². The minimum Gasteiger partial charge on any atom is -0.480 e. The fraction of sp³-hybridized carbons (Fsp3) is 0.286. The molecule has 0 spiro atoms. The lowest BCUT2D eigenvalue weighted by Crippen LogP contribution is -2.26. The van der Waals surface area contributed by atoms with Gasteiger partial charge in [0.05, 0.1) is 5.69 Å². The van der Waals surface area contributed by atoms with Crippen molar-refractivity contribution in [3.8, 4) is 11.3 Å². The highest BCUT2D eigenvalue weighted by atomic mass is 16.4. The van der Waals surface area contributed by atoms with Gasteiger partial charge in [0, 0.05) is 12.7 Å². The Labute approximate surface area is 110 Å². The number of aromatic nitrogens is 2. The third-order valence-corrected chi connectivity index (χ3v) is 3.01. The van der Waals surface area contributed by atoms with E-state index in [0.29, 0.717) is 6.54 Å². The van der Waals surface area contributed by atoms with Gasteiger partial charge in [0.1, 0.15) is 6.54 Å². The van der Waals surface area contributed by atoms with Gasteiger partial charge in [-0.25, -0.2) is 4.79 Å². The van der Waals surface area contributed by atoms with Gasteiger partial charge in [-0.2, -0.15) is 0 Å². The van der Waals surface area contributed by atoms with Gasteiger partial charge < -0.3 is 5.11 Å². The molecule has 0 atom stereocenters. The van der Waals surface area contributed by atoms with Gasteiger partial charge >= 0.3 is 11.7 Å². The molecule has 0 amide bonds. The maximum Gasteiger partial charge on any atom is 0.329 e. The zero-order valence-electron chi connectivity index (χ0n) is 11.0. The number of carbonyl (C=O) groups is 1. The highest BCUT2D eigenvalue weighted by Crippen LogP contribution is 2.18. The van der Waals surface area contributed by atoms with E-state index < -0.39 is 5.97 Å². The molecule has 1 aromatic carbocycles. The van der Waals surface area contributed by atoms with E-state index in [4.69, 9.17) is 5.11 Å². The molecule has 0 fully saturated rings. The molecule has 19 heavy (non-hydrogen) atoms. The summed E-state index contributed by atoms with van der Waals surface area (Å²) in [5.41, 5.74) is 2.50. The normalized spacial score (nSPS) is 10.6. The Kier molecular flexibility index (Phi) is 3.55. The molecule has 2 rings (SSSR count). The lowest BCUT2D eigenvalue weighted by atomic mass is 10.1. The molecule has 0 bridgehead atoms. The maximum atomic E-state index is 12.1. The lowest BCUT2D eigenvalue weighted by molar-refractivity contribution is -0.137. The minimum absolute atomic E-state index is 0.291. The number of rotatable bonds is 4. The standard InChI is InChI=1S/C14H16N2O3/c1-3-16-12(11-6-4-10(2)5-7-11)8-15(14(16)19)9-13(17)18/h4-8H,3,9H2,1-2H3,(H,17,18). The van der Waals surface area contributed by atoms with Crippen LogP contribution in [0.5, 0.6) is 0 Å². The van der Waals surface area contributed by atoms with E-state index in [1.165, 1.54) is 4.57 Å². The Balaban J connectivity index is 2.53. The van der Waals surface area contributed by atoms with E-state index in [1.807, 2.05) is 38.1 Å². The number of aryl methyl sites for hydroxylation is 1. The average Bonchev–Trinajstić information content (AvgIpc) is 2.66. The summed E-state index contributed by atoms with van der Waals surface area (Å²) in [6, 6.07) is 7.80. The zero-order valence-corrected chi connectivity index (χ0v) is 11.0.